The van der Waals surface area contributed by atoms with E-state index in [1.54, 1.807) is 24.3 Å². The Hall–Kier alpha value is -2.18. The zero-order valence-corrected chi connectivity index (χ0v) is 10.3. The highest BCUT2D eigenvalue weighted by Gasteiger charge is 2.01. The topological polar surface area (TPSA) is 56.0 Å². The van der Waals surface area contributed by atoms with E-state index in [2.05, 4.69) is 5.32 Å². The SMILES string of the molecule is N#Cc1ccc(NCc2ccc(O)cc2)cc1Cl. The van der Waals surface area contributed by atoms with Gasteiger partial charge in [-0.2, -0.15) is 5.26 Å². The average molecular weight is 259 g/mol. The summed E-state index contributed by atoms with van der Waals surface area (Å²) >= 11 is 5.94. The van der Waals surface area contributed by atoms with E-state index in [0.29, 0.717) is 17.1 Å². The zero-order valence-electron chi connectivity index (χ0n) is 9.52. The molecule has 0 aliphatic carbocycles. The molecule has 0 spiro atoms. The lowest BCUT2D eigenvalue weighted by atomic mass is 10.2. The lowest BCUT2D eigenvalue weighted by molar-refractivity contribution is 0.475. The van der Waals surface area contributed by atoms with Crippen molar-refractivity contribution in [2.75, 3.05) is 5.32 Å². The average Bonchev–Trinajstić information content (AvgIpc) is 2.38. The van der Waals surface area contributed by atoms with Crippen LogP contribution in [-0.2, 0) is 6.54 Å². The molecule has 0 amide bonds. The standard InChI is InChI=1S/C14H11ClN2O/c15-14-7-12(4-3-11(14)8-16)17-9-10-1-5-13(18)6-2-10/h1-7,17-18H,9H2. The van der Waals surface area contributed by atoms with Gasteiger partial charge in [0.1, 0.15) is 11.8 Å². The number of hydrogen-bond acceptors (Lipinski definition) is 3. The van der Waals surface area contributed by atoms with Crippen LogP contribution in [0.25, 0.3) is 0 Å². The highest BCUT2D eigenvalue weighted by atomic mass is 35.5. The van der Waals surface area contributed by atoms with E-state index in [-0.39, 0.29) is 5.75 Å². The van der Waals surface area contributed by atoms with Crippen molar-refractivity contribution in [3.8, 4) is 11.8 Å². The number of phenolic OH excluding ortho intramolecular Hbond substituents is 1. The van der Waals surface area contributed by atoms with E-state index < -0.39 is 0 Å². The molecule has 0 fully saturated rings. The third kappa shape index (κ3) is 2.93. The van der Waals surface area contributed by atoms with Crippen molar-refractivity contribution < 1.29 is 5.11 Å². The van der Waals surface area contributed by atoms with Gasteiger partial charge in [-0.05, 0) is 35.9 Å². The molecular formula is C14H11ClN2O. The van der Waals surface area contributed by atoms with Crippen LogP contribution < -0.4 is 5.32 Å². The van der Waals surface area contributed by atoms with Crippen molar-refractivity contribution in [2.24, 2.45) is 0 Å². The van der Waals surface area contributed by atoms with E-state index in [1.165, 1.54) is 0 Å². The Labute approximate surface area is 110 Å². The van der Waals surface area contributed by atoms with Gasteiger partial charge < -0.3 is 10.4 Å². The molecule has 0 bridgehead atoms. The molecule has 0 aromatic heterocycles. The Morgan fingerprint density at radius 1 is 1.17 bits per heavy atom. The van der Waals surface area contributed by atoms with Gasteiger partial charge in [0.15, 0.2) is 0 Å². The Kier molecular flexibility index (Phi) is 3.71. The molecule has 2 aromatic carbocycles. The molecule has 0 saturated carbocycles. The first-order valence-electron chi connectivity index (χ1n) is 5.40. The number of nitrogens with one attached hydrogen (secondary N) is 1. The predicted molar refractivity (Wildman–Crippen MR) is 71.6 cm³/mol. The first kappa shape index (κ1) is 12.3. The molecule has 3 nitrogen and oxygen atoms in total. The number of hydrogen-bond donors (Lipinski definition) is 2. The van der Waals surface area contributed by atoms with Crippen LogP contribution in [0.3, 0.4) is 0 Å². The first-order chi connectivity index (χ1) is 8.69. The second-order valence-corrected chi connectivity index (χ2v) is 4.23. The number of anilines is 1. The minimum atomic E-state index is 0.250. The molecule has 4 heteroatoms. The number of rotatable bonds is 3. The molecule has 0 saturated heterocycles. The maximum Gasteiger partial charge on any atom is 0.115 e. The van der Waals surface area contributed by atoms with Crippen LogP contribution in [-0.4, -0.2) is 5.11 Å². The second kappa shape index (κ2) is 5.44. The van der Waals surface area contributed by atoms with Gasteiger partial charge in [0, 0.05) is 12.2 Å². The molecule has 0 heterocycles. The van der Waals surface area contributed by atoms with Crippen molar-refractivity contribution in [2.45, 2.75) is 6.54 Å². The number of phenols is 1. The second-order valence-electron chi connectivity index (χ2n) is 3.83. The van der Waals surface area contributed by atoms with E-state index in [1.807, 2.05) is 24.3 Å². The minimum absolute atomic E-state index is 0.250. The van der Waals surface area contributed by atoms with Crippen LogP contribution in [0.4, 0.5) is 5.69 Å². The van der Waals surface area contributed by atoms with Crippen LogP contribution in [0, 0.1) is 11.3 Å². The summed E-state index contributed by atoms with van der Waals surface area (Å²) in [5, 5.41) is 21.6. The highest BCUT2D eigenvalue weighted by molar-refractivity contribution is 6.32. The van der Waals surface area contributed by atoms with Crippen LogP contribution in [0.2, 0.25) is 5.02 Å². The van der Waals surface area contributed by atoms with Gasteiger partial charge in [-0.15, -0.1) is 0 Å². The molecule has 2 rings (SSSR count). The number of nitrogens with zero attached hydrogens (tertiary/aromatic N) is 1. The van der Waals surface area contributed by atoms with Crippen molar-refractivity contribution >= 4 is 17.3 Å². The fourth-order valence-electron chi connectivity index (χ4n) is 1.53. The predicted octanol–water partition coefficient (Wildman–Crippen LogP) is 3.53. The van der Waals surface area contributed by atoms with E-state index in [0.717, 1.165) is 11.3 Å². The van der Waals surface area contributed by atoms with Gasteiger partial charge in [-0.3, -0.25) is 0 Å². The van der Waals surface area contributed by atoms with Gasteiger partial charge in [0.05, 0.1) is 10.6 Å². The Morgan fingerprint density at radius 3 is 2.50 bits per heavy atom. The third-order valence-electron chi connectivity index (χ3n) is 2.52. The van der Waals surface area contributed by atoms with Crippen LogP contribution in [0.5, 0.6) is 5.75 Å². The van der Waals surface area contributed by atoms with Crippen molar-refractivity contribution in [1.82, 2.24) is 0 Å². The molecule has 0 unspecified atom stereocenters. The summed E-state index contributed by atoms with van der Waals surface area (Å²) in [5.74, 6) is 0.250. The summed E-state index contributed by atoms with van der Waals surface area (Å²) in [6.07, 6.45) is 0. The van der Waals surface area contributed by atoms with Gasteiger partial charge in [-0.1, -0.05) is 23.7 Å². The molecular weight excluding hydrogens is 248 g/mol. The lowest BCUT2D eigenvalue weighted by Gasteiger charge is -2.07. The third-order valence-corrected chi connectivity index (χ3v) is 2.84. The minimum Gasteiger partial charge on any atom is -0.508 e. The van der Waals surface area contributed by atoms with E-state index in [9.17, 15) is 0 Å². The summed E-state index contributed by atoms with van der Waals surface area (Å²) in [6.45, 7) is 0.627. The Bertz CT molecular complexity index is 588. The van der Waals surface area contributed by atoms with Crippen molar-refractivity contribution in [1.29, 1.82) is 5.26 Å². The largest absolute Gasteiger partial charge is 0.508 e. The molecule has 0 atom stereocenters. The van der Waals surface area contributed by atoms with Gasteiger partial charge in [0.25, 0.3) is 0 Å². The maximum atomic E-state index is 9.17. The van der Waals surface area contributed by atoms with E-state index >= 15 is 0 Å². The lowest BCUT2D eigenvalue weighted by Crippen LogP contribution is -1.99. The number of benzene rings is 2. The van der Waals surface area contributed by atoms with Crippen LogP contribution in [0.15, 0.2) is 42.5 Å². The monoisotopic (exact) mass is 258 g/mol. The van der Waals surface area contributed by atoms with Crippen LogP contribution in [0.1, 0.15) is 11.1 Å². The highest BCUT2D eigenvalue weighted by Crippen LogP contribution is 2.20. The molecule has 90 valence electrons. The van der Waals surface area contributed by atoms with Crippen molar-refractivity contribution in [3.63, 3.8) is 0 Å². The summed E-state index contributed by atoms with van der Waals surface area (Å²) in [5.41, 5.74) is 2.37. The smallest absolute Gasteiger partial charge is 0.115 e. The van der Waals surface area contributed by atoms with Crippen LogP contribution >= 0.6 is 11.6 Å². The Balaban J connectivity index is 2.04. The molecule has 2 N–H and O–H groups in total. The molecule has 0 radical (unpaired) electrons. The summed E-state index contributed by atoms with van der Waals surface area (Å²) in [6, 6.07) is 14.2. The molecule has 0 aliphatic rings. The fourth-order valence-corrected chi connectivity index (χ4v) is 1.76. The summed E-state index contributed by atoms with van der Waals surface area (Å²) in [7, 11) is 0. The normalized spacial score (nSPS) is 9.78. The van der Waals surface area contributed by atoms with E-state index in [4.69, 9.17) is 22.0 Å². The first-order valence-corrected chi connectivity index (χ1v) is 5.78. The number of aromatic hydroxyl groups is 1. The van der Waals surface area contributed by atoms with Crippen molar-refractivity contribution in [3.05, 3.63) is 58.6 Å². The molecule has 18 heavy (non-hydrogen) atoms. The fraction of sp³-hybridized carbons (Fsp3) is 0.0714. The van der Waals surface area contributed by atoms with Gasteiger partial charge >= 0.3 is 0 Å². The zero-order chi connectivity index (χ0) is 13.0. The number of nitriles is 1. The summed E-state index contributed by atoms with van der Waals surface area (Å²) in [4.78, 5) is 0. The quantitative estimate of drug-likeness (QED) is 0.886. The molecule has 0 aliphatic heterocycles. The molecule has 2 aromatic rings. The van der Waals surface area contributed by atoms with Gasteiger partial charge in [-0.25, -0.2) is 0 Å². The maximum absolute atomic E-state index is 9.17. The van der Waals surface area contributed by atoms with Gasteiger partial charge in [0.2, 0.25) is 0 Å². The number of halogens is 1. The Morgan fingerprint density at radius 2 is 1.89 bits per heavy atom. The summed E-state index contributed by atoms with van der Waals surface area (Å²) < 4.78 is 0.